The minimum Gasteiger partial charge on any atom is -0.511 e. The number of aromatic hydroxyl groups is 1. The summed E-state index contributed by atoms with van der Waals surface area (Å²) in [5, 5.41) is 44.8. The normalized spacial score (nSPS) is 25.8. The van der Waals surface area contributed by atoms with Gasteiger partial charge < -0.3 is 31.1 Å². The third-order valence-corrected chi connectivity index (χ3v) is 9.39. The Morgan fingerprint density at radius 1 is 1.07 bits per heavy atom. The molecule has 3 atom stereocenters. The number of benzene rings is 2. The number of fused-ring (bicyclic) bond motifs is 3. The topological polar surface area (TPSA) is 165 Å². The number of phenols is 1. The second kappa shape index (κ2) is 9.99. The number of nitrogens with zero attached hydrogens (tertiary/aromatic N) is 2. The van der Waals surface area contributed by atoms with Crippen LogP contribution >= 0.6 is 0 Å². The summed E-state index contributed by atoms with van der Waals surface area (Å²) >= 11 is 0. The Bertz CT molecular complexity index is 1580. The average Bonchev–Trinajstić information content (AvgIpc) is 3.44. The smallest absolute Gasteiger partial charge is 0.255 e. The molecular formula is C32H35N3O7. The summed E-state index contributed by atoms with van der Waals surface area (Å²) < 4.78 is 0. The van der Waals surface area contributed by atoms with Gasteiger partial charge in [0.15, 0.2) is 11.4 Å². The van der Waals surface area contributed by atoms with Crippen molar-refractivity contribution < 1.29 is 34.8 Å². The van der Waals surface area contributed by atoms with Crippen molar-refractivity contribution in [3.63, 3.8) is 0 Å². The van der Waals surface area contributed by atoms with E-state index in [0.717, 1.165) is 30.9 Å². The summed E-state index contributed by atoms with van der Waals surface area (Å²) in [6.45, 7) is 3.00. The van der Waals surface area contributed by atoms with E-state index in [1.807, 2.05) is 49.3 Å². The number of aliphatic hydroxyl groups excluding tert-OH is 2. The SMILES string of the molecule is CN(C)c1cc(-c2ccc(CN3CCCC3)cc2)c(O)c2c1C[C@H]1C[C@H]3CC(O)=C(C(N)=O)C(=O)[C@@]3(O)C(O)=C1C2=O. The lowest BCUT2D eigenvalue weighted by molar-refractivity contribution is -0.144. The van der Waals surface area contributed by atoms with Crippen molar-refractivity contribution in [2.24, 2.45) is 17.6 Å². The molecule has 2 aromatic rings. The highest BCUT2D eigenvalue weighted by Gasteiger charge is 2.59. The minimum atomic E-state index is -2.58. The van der Waals surface area contributed by atoms with Crippen LogP contribution in [-0.2, 0) is 22.6 Å². The summed E-state index contributed by atoms with van der Waals surface area (Å²) in [6.07, 6.45) is 2.50. The third-order valence-electron chi connectivity index (χ3n) is 9.39. The van der Waals surface area contributed by atoms with Gasteiger partial charge in [0.2, 0.25) is 5.78 Å². The lowest BCUT2D eigenvalue weighted by atomic mass is 9.60. The molecule has 0 aromatic heterocycles. The Kier molecular flexibility index (Phi) is 6.66. The van der Waals surface area contributed by atoms with Crippen LogP contribution in [0.1, 0.15) is 47.2 Å². The molecule has 10 nitrogen and oxygen atoms in total. The van der Waals surface area contributed by atoms with Crippen LogP contribution in [-0.4, -0.2) is 75.6 Å². The van der Waals surface area contributed by atoms with Gasteiger partial charge in [-0.25, -0.2) is 0 Å². The number of ketones is 2. The van der Waals surface area contributed by atoms with E-state index < -0.39 is 52.0 Å². The van der Waals surface area contributed by atoms with Crippen molar-refractivity contribution in [2.45, 2.75) is 44.2 Å². The average molecular weight is 574 g/mol. The maximum absolute atomic E-state index is 14.1. The molecule has 10 heteroatoms. The summed E-state index contributed by atoms with van der Waals surface area (Å²) in [6, 6.07) is 9.70. The van der Waals surface area contributed by atoms with Crippen LogP contribution in [0.2, 0.25) is 0 Å². The van der Waals surface area contributed by atoms with Gasteiger partial charge in [-0.05, 0) is 67.4 Å². The van der Waals surface area contributed by atoms with Gasteiger partial charge in [0.05, 0.1) is 5.56 Å². The van der Waals surface area contributed by atoms with Gasteiger partial charge in [0, 0.05) is 49.8 Å². The van der Waals surface area contributed by atoms with Crippen molar-refractivity contribution in [2.75, 3.05) is 32.1 Å². The van der Waals surface area contributed by atoms with Crippen LogP contribution in [0.3, 0.4) is 0 Å². The molecule has 0 radical (unpaired) electrons. The van der Waals surface area contributed by atoms with Gasteiger partial charge in [-0.15, -0.1) is 0 Å². The molecule has 1 saturated heterocycles. The number of rotatable bonds is 5. The van der Waals surface area contributed by atoms with Gasteiger partial charge in [-0.3, -0.25) is 19.3 Å². The first-order valence-corrected chi connectivity index (χ1v) is 14.3. The number of amides is 1. The fourth-order valence-corrected chi connectivity index (χ4v) is 7.28. The van der Waals surface area contributed by atoms with E-state index in [-0.39, 0.29) is 36.1 Å². The number of likely N-dealkylation sites (tertiary alicyclic amines) is 1. The second-order valence-electron chi connectivity index (χ2n) is 12.1. The van der Waals surface area contributed by atoms with E-state index in [1.165, 1.54) is 12.8 Å². The van der Waals surface area contributed by atoms with Gasteiger partial charge in [-0.1, -0.05) is 24.3 Å². The van der Waals surface area contributed by atoms with Crippen LogP contribution in [0.5, 0.6) is 5.75 Å². The number of hydrogen-bond acceptors (Lipinski definition) is 9. The van der Waals surface area contributed by atoms with Crippen LogP contribution in [0, 0.1) is 11.8 Å². The summed E-state index contributed by atoms with van der Waals surface area (Å²) in [5.41, 5.74) is 5.40. The lowest BCUT2D eigenvalue weighted by Gasteiger charge is -2.46. The molecule has 4 aliphatic rings. The minimum absolute atomic E-state index is 0.00830. The molecular weight excluding hydrogens is 538 g/mol. The van der Waals surface area contributed by atoms with Gasteiger partial charge in [0.1, 0.15) is 22.8 Å². The molecule has 1 fully saturated rings. The molecule has 2 aromatic carbocycles. The Morgan fingerprint density at radius 2 is 1.74 bits per heavy atom. The summed E-state index contributed by atoms with van der Waals surface area (Å²) in [5.74, 6) is -6.33. The zero-order valence-corrected chi connectivity index (χ0v) is 23.7. The largest absolute Gasteiger partial charge is 0.511 e. The molecule has 0 unspecified atom stereocenters. The number of hydrogen-bond donors (Lipinski definition) is 5. The first-order valence-electron chi connectivity index (χ1n) is 14.3. The van der Waals surface area contributed by atoms with Gasteiger partial charge >= 0.3 is 0 Å². The van der Waals surface area contributed by atoms with E-state index in [1.54, 1.807) is 0 Å². The predicted octanol–water partition coefficient (Wildman–Crippen LogP) is 2.91. The molecule has 0 spiro atoms. The Balaban J connectivity index is 1.44. The van der Waals surface area contributed by atoms with Crippen molar-refractivity contribution in [1.29, 1.82) is 0 Å². The number of phenolic OH excluding ortho intramolecular Hbond substituents is 1. The van der Waals surface area contributed by atoms with Gasteiger partial charge in [-0.2, -0.15) is 0 Å². The number of carbonyl (C=O) groups excluding carboxylic acids is 3. The number of aliphatic hydroxyl groups is 3. The quantitative estimate of drug-likeness (QED) is 0.338. The summed E-state index contributed by atoms with van der Waals surface area (Å²) in [4.78, 5) is 43.5. The standard InChI is InChI=1S/C32H35N3O7/c1-34(2)22-14-20(17-7-5-16(6-8-17)15-35-9-3-4-10-35)27(37)25-21(22)12-18-11-19-13-23(36)26(31(33)41)30(40)32(19,42)29(39)24(18)28(25)38/h5-8,14,18-19,36-37,39,42H,3-4,9-13,15H2,1-2H3,(H2,33,41)/t18-,19+,32+/m1/s1. The monoisotopic (exact) mass is 573 g/mol. The van der Waals surface area contributed by atoms with Crippen LogP contribution < -0.4 is 10.6 Å². The highest BCUT2D eigenvalue weighted by molar-refractivity contribution is 6.24. The van der Waals surface area contributed by atoms with Gasteiger partial charge in [0.25, 0.3) is 5.91 Å². The zero-order valence-electron chi connectivity index (χ0n) is 23.7. The van der Waals surface area contributed by atoms with E-state index in [4.69, 9.17) is 5.73 Å². The number of nitrogens with two attached hydrogens (primary N) is 1. The van der Waals surface area contributed by atoms with Crippen LogP contribution in [0.4, 0.5) is 5.69 Å². The molecule has 220 valence electrons. The van der Waals surface area contributed by atoms with Crippen LogP contribution in [0.25, 0.3) is 11.1 Å². The van der Waals surface area contributed by atoms with Crippen molar-refractivity contribution in [3.8, 4) is 16.9 Å². The maximum Gasteiger partial charge on any atom is 0.255 e. The van der Waals surface area contributed by atoms with E-state index in [9.17, 15) is 34.8 Å². The summed E-state index contributed by atoms with van der Waals surface area (Å²) in [7, 11) is 3.69. The Morgan fingerprint density at radius 3 is 2.36 bits per heavy atom. The second-order valence-corrected chi connectivity index (χ2v) is 12.1. The van der Waals surface area contributed by atoms with Crippen molar-refractivity contribution in [1.82, 2.24) is 4.90 Å². The molecule has 0 bridgehead atoms. The molecule has 6 N–H and O–H groups in total. The van der Waals surface area contributed by atoms with E-state index in [0.29, 0.717) is 16.7 Å². The molecule has 0 saturated carbocycles. The Labute approximate surface area is 243 Å². The fraction of sp³-hybridized carbons (Fsp3) is 0.406. The van der Waals surface area contributed by atoms with Crippen molar-refractivity contribution in [3.05, 3.63) is 69.7 Å². The molecule has 1 aliphatic heterocycles. The molecule has 1 amide bonds. The zero-order chi connectivity index (χ0) is 30.1. The number of carbonyl (C=O) groups is 3. The molecule has 1 heterocycles. The number of allylic oxidation sites excluding steroid dienone is 2. The Hall–Kier alpha value is -4.15. The lowest BCUT2D eigenvalue weighted by Crippen LogP contribution is -2.57. The van der Waals surface area contributed by atoms with E-state index >= 15 is 0 Å². The number of anilines is 1. The molecule has 3 aliphatic carbocycles. The van der Waals surface area contributed by atoms with E-state index in [2.05, 4.69) is 4.90 Å². The third kappa shape index (κ3) is 4.12. The van der Waals surface area contributed by atoms with Crippen molar-refractivity contribution >= 4 is 23.2 Å². The first kappa shape index (κ1) is 28.0. The first-order chi connectivity index (χ1) is 19.9. The van der Waals surface area contributed by atoms with Crippen LogP contribution in [0.15, 0.2) is 53.0 Å². The molecule has 42 heavy (non-hydrogen) atoms. The highest BCUT2D eigenvalue weighted by atomic mass is 16.3. The predicted molar refractivity (Wildman–Crippen MR) is 155 cm³/mol. The number of primary amides is 1. The maximum atomic E-state index is 14.1. The molecule has 6 rings (SSSR count). The number of Topliss-reactive ketones (excluding diaryl/α,β-unsaturated/α-hetero) is 2. The highest BCUT2D eigenvalue weighted by Crippen LogP contribution is 2.53. The fourth-order valence-electron chi connectivity index (χ4n) is 7.28.